The fourth-order valence-corrected chi connectivity index (χ4v) is 1.58. The predicted molar refractivity (Wildman–Crippen MR) is 48.4 cm³/mol. The molecule has 1 heterocycles. The molecule has 13 heavy (non-hydrogen) atoms. The van der Waals surface area contributed by atoms with Gasteiger partial charge in [0.15, 0.2) is 0 Å². The lowest BCUT2D eigenvalue weighted by molar-refractivity contribution is -0.135. The van der Waals surface area contributed by atoms with Gasteiger partial charge in [-0.15, -0.1) is 0 Å². The summed E-state index contributed by atoms with van der Waals surface area (Å²) in [6.45, 7) is 2.15. The van der Waals surface area contributed by atoms with Gasteiger partial charge in [0.25, 0.3) is 5.91 Å². The molecule has 0 aromatic heterocycles. The SMILES string of the molecule is O=C(NC1CCC1)[C@@H]1CNCCO1. The number of ether oxygens (including phenoxy) is 1. The smallest absolute Gasteiger partial charge is 0.250 e. The van der Waals surface area contributed by atoms with Gasteiger partial charge < -0.3 is 15.4 Å². The van der Waals surface area contributed by atoms with Gasteiger partial charge in [0.05, 0.1) is 6.61 Å². The van der Waals surface area contributed by atoms with Gasteiger partial charge in [0.2, 0.25) is 0 Å². The standard InChI is InChI=1S/C9H16N2O2/c12-9(11-7-2-1-3-7)8-6-10-4-5-13-8/h7-8,10H,1-6H2,(H,11,12)/t8-/m0/s1. The number of rotatable bonds is 2. The molecule has 0 aromatic carbocycles. The lowest BCUT2D eigenvalue weighted by Crippen LogP contribution is -2.51. The molecule has 2 N–H and O–H groups in total. The molecular weight excluding hydrogens is 168 g/mol. The average molecular weight is 184 g/mol. The number of carbonyl (C=O) groups excluding carboxylic acids is 1. The van der Waals surface area contributed by atoms with E-state index in [0.29, 0.717) is 19.2 Å². The minimum absolute atomic E-state index is 0.0527. The van der Waals surface area contributed by atoms with Crippen molar-refractivity contribution in [1.29, 1.82) is 0 Å². The summed E-state index contributed by atoms with van der Waals surface area (Å²) in [6.07, 6.45) is 3.24. The van der Waals surface area contributed by atoms with Crippen LogP contribution in [-0.2, 0) is 9.53 Å². The van der Waals surface area contributed by atoms with Crippen LogP contribution in [0.3, 0.4) is 0 Å². The molecule has 0 spiro atoms. The topological polar surface area (TPSA) is 50.4 Å². The molecule has 2 rings (SSSR count). The summed E-state index contributed by atoms with van der Waals surface area (Å²) in [5, 5.41) is 6.12. The van der Waals surface area contributed by atoms with E-state index in [2.05, 4.69) is 10.6 Å². The van der Waals surface area contributed by atoms with Crippen LogP contribution in [0.5, 0.6) is 0 Å². The highest BCUT2D eigenvalue weighted by Gasteiger charge is 2.26. The van der Waals surface area contributed by atoms with Crippen LogP contribution in [0.4, 0.5) is 0 Å². The Labute approximate surface area is 78.0 Å². The molecule has 2 aliphatic rings. The predicted octanol–water partition coefficient (Wildman–Crippen LogP) is -0.357. The summed E-state index contributed by atoms with van der Waals surface area (Å²) in [4.78, 5) is 11.5. The number of amides is 1. The third kappa shape index (κ3) is 2.19. The highest BCUT2D eigenvalue weighted by Crippen LogP contribution is 2.18. The first-order valence-electron chi connectivity index (χ1n) is 4.99. The third-order valence-corrected chi connectivity index (χ3v) is 2.67. The van der Waals surface area contributed by atoms with E-state index in [-0.39, 0.29) is 12.0 Å². The van der Waals surface area contributed by atoms with Crippen molar-refractivity contribution in [3.63, 3.8) is 0 Å². The number of morpholine rings is 1. The molecule has 1 atom stereocenters. The molecule has 1 saturated carbocycles. The Morgan fingerprint density at radius 2 is 2.31 bits per heavy atom. The van der Waals surface area contributed by atoms with E-state index >= 15 is 0 Å². The largest absolute Gasteiger partial charge is 0.366 e. The summed E-state index contributed by atoms with van der Waals surface area (Å²) >= 11 is 0. The van der Waals surface area contributed by atoms with Gasteiger partial charge in [-0.3, -0.25) is 4.79 Å². The van der Waals surface area contributed by atoms with E-state index in [0.717, 1.165) is 19.4 Å². The minimum Gasteiger partial charge on any atom is -0.366 e. The monoisotopic (exact) mass is 184 g/mol. The maximum Gasteiger partial charge on any atom is 0.250 e. The van der Waals surface area contributed by atoms with Crippen LogP contribution in [0.2, 0.25) is 0 Å². The zero-order valence-electron chi connectivity index (χ0n) is 7.71. The molecular formula is C9H16N2O2. The second kappa shape index (κ2) is 4.07. The van der Waals surface area contributed by atoms with E-state index in [4.69, 9.17) is 4.74 Å². The van der Waals surface area contributed by atoms with Crippen LogP contribution >= 0.6 is 0 Å². The van der Waals surface area contributed by atoms with E-state index in [1.54, 1.807) is 0 Å². The second-order valence-corrected chi connectivity index (χ2v) is 3.70. The first-order valence-corrected chi connectivity index (χ1v) is 4.99. The molecule has 1 aliphatic carbocycles. The number of hydrogen-bond donors (Lipinski definition) is 2. The summed E-state index contributed by atoms with van der Waals surface area (Å²) in [6, 6.07) is 0.415. The normalized spacial score (nSPS) is 29.4. The van der Waals surface area contributed by atoms with Gasteiger partial charge in [-0.1, -0.05) is 0 Å². The van der Waals surface area contributed by atoms with Gasteiger partial charge in [-0.25, -0.2) is 0 Å². The molecule has 4 heteroatoms. The molecule has 0 aromatic rings. The average Bonchev–Trinajstić information content (AvgIpc) is 2.12. The molecule has 0 unspecified atom stereocenters. The first kappa shape index (κ1) is 8.97. The Hall–Kier alpha value is -0.610. The quantitative estimate of drug-likeness (QED) is 0.616. The summed E-state index contributed by atoms with van der Waals surface area (Å²) in [5.74, 6) is 0.0527. The molecule has 0 bridgehead atoms. The van der Waals surface area contributed by atoms with Crippen LogP contribution < -0.4 is 10.6 Å². The molecule has 4 nitrogen and oxygen atoms in total. The summed E-state index contributed by atoms with van der Waals surface area (Å²) in [7, 11) is 0. The third-order valence-electron chi connectivity index (χ3n) is 2.67. The zero-order valence-corrected chi connectivity index (χ0v) is 7.71. The van der Waals surface area contributed by atoms with E-state index in [1.165, 1.54) is 6.42 Å². The Bertz CT molecular complexity index is 186. The maximum atomic E-state index is 11.5. The molecule has 1 amide bonds. The number of hydrogen-bond acceptors (Lipinski definition) is 3. The van der Waals surface area contributed by atoms with Crippen LogP contribution in [0.25, 0.3) is 0 Å². The maximum absolute atomic E-state index is 11.5. The van der Waals surface area contributed by atoms with Gasteiger partial charge in [-0.05, 0) is 19.3 Å². The van der Waals surface area contributed by atoms with Crippen LogP contribution in [0, 0.1) is 0 Å². The second-order valence-electron chi connectivity index (χ2n) is 3.70. The molecule has 2 fully saturated rings. The van der Waals surface area contributed by atoms with Crippen molar-refractivity contribution in [3.05, 3.63) is 0 Å². The van der Waals surface area contributed by atoms with Gasteiger partial charge in [0.1, 0.15) is 6.10 Å². The van der Waals surface area contributed by atoms with E-state index in [1.807, 2.05) is 0 Å². The Morgan fingerprint density at radius 1 is 1.46 bits per heavy atom. The van der Waals surface area contributed by atoms with Crippen molar-refractivity contribution >= 4 is 5.91 Å². The van der Waals surface area contributed by atoms with Crippen molar-refractivity contribution in [2.75, 3.05) is 19.7 Å². The van der Waals surface area contributed by atoms with Gasteiger partial charge in [0, 0.05) is 19.1 Å². The molecule has 1 saturated heterocycles. The summed E-state index contributed by atoms with van der Waals surface area (Å²) < 4.78 is 5.33. The molecule has 74 valence electrons. The Kier molecular flexibility index (Phi) is 2.80. The Balaban J connectivity index is 1.74. The lowest BCUT2D eigenvalue weighted by atomic mass is 9.93. The lowest BCUT2D eigenvalue weighted by Gasteiger charge is -2.30. The van der Waals surface area contributed by atoms with Crippen molar-refractivity contribution < 1.29 is 9.53 Å². The fraction of sp³-hybridized carbons (Fsp3) is 0.889. The Morgan fingerprint density at radius 3 is 2.85 bits per heavy atom. The molecule has 1 aliphatic heterocycles. The van der Waals surface area contributed by atoms with Gasteiger partial charge in [-0.2, -0.15) is 0 Å². The van der Waals surface area contributed by atoms with Crippen LogP contribution in [0.1, 0.15) is 19.3 Å². The van der Waals surface area contributed by atoms with Gasteiger partial charge >= 0.3 is 0 Å². The van der Waals surface area contributed by atoms with Crippen LogP contribution in [0.15, 0.2) is 0 Å². The van der Waals surface area contributed by atoms with Crippen molar-refractivity contribution in [2.45, 2.75) is 31.4 Å². The van der Waals surface area contributed by atoms with Crippen LogP contribution in [-0.4, -0.2) is 37.7 Å². The minimum atomic E-state index is -0.269. The zero-order chi connectivity index (χ0) is 9.10. The van der Waals surface area contributed by atoms with Crippen molar-refractivity contribution in [1.82, 2.24) is 10.6 Å². The number of carbonyl (C=O) groups is 1. The van der Waals surface area contributed by atoms with E-state index in [9.17, 15) is 4.79 Å². The number of nitrogens with one attached hydrogen (secondary N) is 2. The van der Waals surface area contributed by atoms with Crippen molar-refractivity contribution in [3.8, 4) is 0 Å². The highest BCUT2D eigenvalue weighted by molar-refractivity contribution is 5.81. The summed E-state index contributed by atoms with van der Waals surface area (Å²) in [5.41, 5.74) is 0. The first-order chi connectivity index (χ1) is 6.36. The van der Waals surface area contributed by atoms with Crippen molar-refractivity contribution in [2.24, 2.45) is 0 Å². The fourth-order valence-electron chi connectivity index (χ4n) is 1.58. The molecule has 0 radical (unpaired) electrons. The highest BCUT2D eigenvalue weighted by atomic mass is 16.5. The van der Waals surface area contributed by atoms with E-state index < -0.39 is 0 Å².